The molecule has 0 atom stereocenters. The largest absolute Gasteiger partial charge is 0.457 e. The van der Waals surface area contributed by atoms with Gasteiger partial charge in [0.25, 0.3) is 0 Å². The predicted molar refractivity (Wildman–Crippen MR) is 137 cm³/mol. The van der Waals surface area contributed by atoms with Crippen molar-refractivity contribution in [3.8, 4) is 28.5 Å². The van der Waals surface area contributed by atoms with Gasteiger partial charge in [-0.1, -0.05) is 91.0 Å². The van der Waals surface area contributed by atoms with Gasteiger partial charge in [0.2, 0.25) is 0 Å². The number of benzene rings is 3. The highest BCUT2D eigenvalue weighted by Crippen LogP contribution is 2.34. The first kappa shape index (κ1) is 23.9. The Morgan fingerprint density at radius 3 is 2.09 bits per heavy atom. The Bertz CT molecular complexity index is 1350. The summed E-state index contributed by atoms with van der Waals surface area (Å²) in [6.07, 6.45) is 0.0928. The Balaban J connectivity index is 1.49. The summed E-state index contributed by atoms with van der Waals surface area (Å²) in [5, 5.41) is 10.5. The number of carbonyl (C=O) groups is 2. The summed E-state index contributed by atoms with van der Waals surface area (Å²) in [7, 11) is 0. The number of Topliss-reactive ketones (excluding diaryl/α,β-unsaturated/α-hetero) is 1. The third kappa shape index (κ3) is 6.23. The SMILES string of the molecule is N#Cc1c(-c2ccccc2)cc(-c2ccccc2)nc1SCCC(=O)OCC(=O)c1ccccc1. The number of aromatic nitrogens is 1. The molecule has 4 rings (SSSR count). The van der Waals surface area contributed by atoms with Crippen LogP contribution in [0.5, 0.6) is 0 Å². The second-order valence-electron chi connectivity index (χ2n) is 7.63. The van der Waals surface area contributed by atoms with Gasteiger partial charge in [-0.15, -0.1) is 11.8 Å². The molecule has 0 amide bonds. The van der Waals surface area contributed by atoms with E-state index in [1.165, 1.54) is 11.8 Å². The monoisotopic (exact) mass is 478 g/mol. The molecule has 5 nitrogen and oxygen atoms in total. The highest BCUT2D eigenvalue weighted by Gasteiger charge is 2.17. The van der Waals surface area contributed by atoms with Gasteiger partial charge in [-0.3, -0.25) is 9.59 Å². The van der Waals surface area contributed by atoms with Gasteiger partial charge in [-0.25, -0.2) is 4.98 Å². The molecule has 0 spiro atoms. The lowest BCUT2D eigenvalue weighted by atomic mass is 9.99. The van der Waals surface area contributed by atoms with Crippen molar-refractivity contribution < 1.29 is 14.3 Å². The van der Waals surface area contributed by atoms with Crippen molar-refractivity contribution in [3.63, 3.8) is 0 Å². The third-order valence-corrected chi connectivity index (χ3v) is 6.23. The van der Waals surface area contributed by atoms with E-state index < -0.39 is 5.97 Å². The van der Waals surface area contributed by atoms with Crippen LogP contribution < -0.4 is 0 Å². The van der Waals surface area contributed by atoms with Crippen LogP contribution in [-0.4, -0.2) is 29.1 Å². The molecule has 4 aromatic rings. The number of hydrogen-bond acceptors (Lipinski definition) is 6. The minimum atomic E-state index is -0.470. The molecule has 0 fully saturated rings. The van der Waals surface area contributed by atoms with E-state index in [4.69, 9.17) is 9.72 Å². The summed E-state index contributed by atoms with van der Waals surface area (Å²) < 4.78 is 5.15. The lowest BCUT2D eigenvalue weighted by Gasteiger charge is -2.12. The van der Waals surface area contributed by atoms with E-state index in [0.29, 0.717) is 21.9 Å². The Morgan fingerprint density at radius 2 is 1.46 bits per heavy atom. The maximum Gasteiger partial charge on any atom is 0.307 e. The van der Waals surface area contributed by atoms with Gasteiger partial charge in [0.05, 0.1) is 17.7 Å². The molecule has 0 aliphatic carbocycles. The van der Waals surface area contributed by atoms with Crippen LogP contribution in [0.2, 0.25) is 0 Å². The zero-order valence-corrected chi connectivity index (χ0v) is 19.7. The molecule has 0 aliphatic heterocycles. The van der Waals surface area contributed by atoms with E-state index in [-0.39, 0.29) is 18.8 Å². The number of thioether (sulfide) groups is 1. The molecule has 0 unspecified atom stereocenters. The van der Waals surface area contributed by atoms with E-state index in [1.54, 1.807) is 24.3 Å². The quantitative estimate of drug-likeness (QED) is 0.162. The molecule has 6 heteroatoms. The molecular formula is C29H22N2O3S. The standard InChI is InChI=1S/C29H22N2O3S/c30-19-25-24(21-10-4-1-5-11-21)18-26(22-12-6-2-7-13-22)31-29(25)35-17-16-28(33)34-20-27(32)23-14-8-3-9-15-23/h1-15,18H,16-17,20H2. The highest BCUT2D eigenvalue weighted by atomic mass is 32.2. The number of ketones is 1. The van der Waals surface area contributed by atoms with Crippen LogP contribution in [0.4, 0.5) is 0 Å². The minimum Gasteiger partial charge on any atom is -0.457 e. The molecule has 3 aromatic carbocycles. The Kier molecular flexibility index (Phi) is 8.05. The lowest BCUT2D eigenvalue weighted by molar-refractivity contribution is -0.141. The number of nitrogens with zero attached hydrogens (tertiary/aromatic N) is 2. The molecule has 172 valence electrons. The summed E-state index contributed by atoms with van der Waals surface area (Å²) in [5.74, 6) is -0.349. The summed E-state index contributed by atoms with van der Waals surface area (Å²) in [6.45, 7) is -0.295. The number of esters is 1. The second kappa shape index (κ2) is 11.8. The van der Waals surface area contributed by atoms with Crippen LogP contribution in [0.25, 0.3) is 22.4 Å². The smallest absolute Gasteiger partial charge is 0.307 e. The molecule has 0 bridgehead atoms. The Hall–Kier alpha value is -4.21. The van der Waals surface area contributed by atoms with Crippen molar-refractivity contribution in [1.82, 2.24) is 4.98 Å². The maximum atomic E-state index is 12.2. The Morgan fingerprint density at radius 1 is 0.857 bits per heavy atom. The molecule has 1 heterocycles. The van der Waals surface area contributed by atoms with E-state index in [1.807, 2.05) is 72.8 Å². The fraction of sp³-hybridized carbons (Fsp3) is 0.103. The zero-order chi connectivity index (χ0) is 24.5. The van der Waals surface area contributed by atoms with Gasteiger partial charge >= 0.3 is 5.97 Å². The van der Waals surface area contributed by atoms with Crippen LogP contribution in [0, 0.1) is 11.3 Å². The van der Waals surface area contributed by atoms with Crippen molar-refractivity contribution in [3.05, 3.63) is 108 Å². The van der Waals surface area contributed by atoms with Crippen molar-refractivity contribution >= 4 is 23.5 Å². The van der Waals surface area contributed by atoms with E-state index in [9.17, 15) is 14.9 Å². The van der Waals surface area contributed by atoms with Crippen LogP contribution >= 0.6 is 11.8 Å². The van der Waals surface area contributed by atoms with Gasteiger partial charge in [0.1, 0.15) is 11.1 Å². The first-order valence-electron chi connectivity index (χ1n) is 11.1. The minimum absolute atomic E-state index is 0.0928. The topological polar surface area (TPSA) is 80.1 Å². The fourth-order valence-electron chi connectivity index (χ4n) is 3.49. The zero-order valence-electron chi connectivity index (χ0n) is 18.9. The van der Waals surface area contributed by atoms with Crippen molar-refractivity contribution in [2.75, 3.05) is 12.4 Å². The van der Waals surface area contributed by atoms with Gasteiger partial charge in [0.15, 0.2) is 12.4 Å². The van der Waals surface area contributed by atoms with Gasteiger partial charge in [-0.05, 0) is 11.6 Å². The average molecular weight is 479 g/mol. The molecule has 0 radical (unpaired) electrons. The molecule has 0 saturated carbocycles. The first-order valence-corrected chi connectivity index (χ1v) is 12.1. The van der Waals surface area contributed by atoms with Crippen LogP contribution in [0.1, 0.15) is 22.3 Å². The fourth-order valence-corrected chi connectivity index (χ4v) is 4.42. The molecular weight excluding hydrogens is 456 g/mol. The normalized spacial score (nSPS) is 10.4. The van der Waals surface area contributed by atoms with Crippen LogP contribution in [0.3, 0.4) is 0 Å². The number of pyridine rings is 1. The molecule has 35 heavy (non-hydrogen) atoms. The average Bonchev–Trinajstić information content (AvgIpc) is 2.92. The van der Waals surface area contributed by atoms with Crippen molar-refractivity contribution in [1.29, 1.82) is 5.26 Å². The number of nitriles is 1. The molecule has 0 saturated heterocycles. The molecule has 1 aromatic heterocycles. The maximum absolute atomic E-state index is 12.2. The number of carbonyl (C=O) groups excluding carboxylic acids is 2. The van der Waals surface area contributed by atoms with E-state index in [2.05, 4.69) is 6.07 Å². The second-order valence-corrected chi connectivity index (χ2v) is 8.71. The third-order valence-electron chi connectivity index (χ3n) is 5.26. The highest BCUT2D eigenvalue weighted by molar-refractivity contribution is 7.99. The summed E-state index contributed by atoms with van der Waals surface area (Å²) in [5.41, 5.74) is 4.37. The van der Waals surface area contributed by atoms with E-state index in [0.717, 1.165) is 22.4 Å². The summed E-state index contributed by atoms with van der Waals surface area (Å²) in [4.78, 5) is 29.1. The predicted octanol–water partition coefficient (Wildman–Crippen LogP) is 6.20. The van der Waals surface area contributed by atoms with Crippen molar-refractivity contribution in [2.45, 2.75) is 11.4 Å². The Labute approximate surface area is 208 Å². The molecule has 0 aliphatic rings. The van der Waals surface area contributed by atoms with Gasteiger partial charge < -0.3 is 4.74 Å². The van der Waals surface area contributed by atoms with Crippen LogP contribution in [-0.2, 0) is 9.53 Å². The first-order chi connectivity index (χ1) is 17.2. The van der Waals surface area contributed by atoms with Gasteiger partial charge in [-0.2, -0.15) is 5.26 Å². The van der Waals surface area contributed by atoms with Crippen LogP contribution in [0.15, 0.2) is 102 Å². The van der Waals surface area contributed by atoms with E-state index >= 15 is 0 Å². The lowest BCUT2D eigenvalue weighted by Crippen LogP contribution is -2.14. The number of ether oxygens (including phenoxy) is 1. The summed E-state index contributed by atoms with van der Waals surface area (Å²) >= 11 is 1.33. The number of hydrogen-bond donors (Lipinski definition) is 0. The van der Waals surface area contributed by atoms with Gasteiger partial charge in [0, 0.05) is 22.4 Å². The summed E-state index contributed by atoms with van der Waals surface area (Å²) in [6, 6.07) is 32.4. The number of rotatable bonds is 9. The molecule has 0 N–H and O–H groups in total. The van der Waals surface area contributed by atoms with Crippen molar-refractivity contribution in [2.24, 2.45) is 0 Å².